The van der Waals surface area contributed by atoms with Crippen LogP contribution in [0.4, 0.5) is 11.4 Å². The number of rotatable bonds is 8. The number of nitrogens with one attached hydrogen (secondary N) is 1. The highest BCUT2D eigenvalue weighted by Gasteiger charge is 2.18. The number of hydrogen-bond acceptors (Lipinski definition) is 4. The summed E-state index contributed by atoms with van der Waals surface area (Å²) in [5, 5.41) is 3.78. The quantitative estimate of drug-likeness (QED) is 0.360. The molecule has 1 amide bonds. The molecule has 2 fully saturated rings. The number of ether oxygens (including phenoxy) is 1. The predicted octanol–water partition coefficient (Wildman–Crippen LogP) is 6.73. The van der Waals surface area contributed by atoms with Crippen LogP contribution in [0.15, 0.2) is 72.8 Å². The molecule has 3 aromatic carbocycles. The van der Waals surface area contributed by atoms with Crippen LogP contribution in [0.25, 0.3) is 0 Å². The Morgan fingerprint density at radius 2 is 1.57 bits per heavy atom. The second-order valence-corrected chi connectivity index (χ2v) is 10.5. The van der Waals surface area contributed by atoms with E-state index in [9.17, 15) is 4.79 Å². The van der Waals surface area contributed by atoms with Gasteiger partial charge in [0.2, 0.25) is 0 Å². The number of carbonyl (C=O) groups excluding carboxylic acids is 1. The Morgan fingerprint density at radius 3 is 2.27 bits per heavy atom. The summed E-state index contributed by atoms with van der Waals surface area (Å²) in [4.78, 5) is 17.3. The van der Waals surface area contributed by atoms with Crippen LogP contribution in [-0.2, 0) is 11.3 Å². The van der Waals surface area contributed by atoms with Gasteiger partial charge in [-0.3, -0.25) is 9.69 Å². The Balaban J connectivity index is 1.05. The van der Waals surface area contributed by atoms with Gasteiger partial charge >= 0.3 is 0 Å². The van der Waals surface area contributed by atoms with E-state index in [1.165, 1.54) is 48.9 Å². The maximum Gasteiger partial charge on any atom is 0.262 e. The third-order valence-corrected chi connectivity index (χ3v) is 7.94. The van der Waals surface area contributed by atoms with Crippen molar-refractivity contribution in [3.8, 4) is 5.75 Å². The van der Waals surface area contributed by atoms with Crippen molar-refractivity contribution in [3.63, 3.8) is 0 Å². The summed E-state index contributed by atoms with van der Waals surface area (Å²) in [6, 6.07) is 24.4. The van der Waals surface area contributed by atoms with Crippen molar-refractivity contribution in [2.75, 3.05) is 43.0 Å². The van der Waals surface area contributed by atoms with E-state index in [0.29, 0.717) is 5.92 Å². The van der Waals surface area contributed by atoms with E-state index in [1.54, 1.807) is 0 Å². The summed E-state index contributed by atoms with van der Waals surface area (Å²) in [7, 11) is 0. The lowest BCUT2D eigenvalue weighted by atomic mass is 9.84. The molecule has 1 aliphatic carbocycles. The number of hydrogen-bond donors (Lipinski definition) is 1. The third kappa shape index (κ3) is 7.06. The standard InChI is InChI=1S/C31H36ClN3O2/c32-30-9-5-4-8-26(30)22-34-18-20-35(21-19-34)28-14-12-27(13-15-28)33-31(36)23-37-29-16-10-25(11-17-29)24-6-2-1-3-7-24/h4-5,8-17,24H,1-3,6-7,18-23H2,(H,33,36). The predicted molar refractivity (Wildman–Crippen MR) is 152 cm³/mol. The zero-order chi connectivity index (χ0) is 25.5. The van der Waals surface area contributed by atoms with E-state index in [1.807, 2.05) is 42.5 Å². The Bertz CT molecular complexity index is 1150. The van der Waals surface area contributed by atoms with Gasteiger partial charge in [0, 0.05) is 49.1 Å². The molecule has 5 nitrogen and oxygen atoms in total. The zero-order valence-corrected chi connectivity index (χ0v) is 22.1. The first-order valence-electron chi connectivity index (χ1n) is 13.5. The molecular weight excluding hydrogens is 482 g/mol. The number of nitrogens with zero attached hydrogens (tertiary/aromatic N) is 2. The summed E-state index contributed by atoms with van der Waals surface area (Å²) in [6.07, 6.45) is 6.57. The molecule has 0 atom stereocenters. The van der Waals surface area contributed by atoms with Crippen molar-refractivity contribution in [3.05, 3.63) is 88.9 Å². The molecule has 0 bridgehead atoms. The fourth-order valence-electron chi connectivity index (χ4n) is 5.41. The summed E-state index contributed by atoms with van der Waals surface area (Å²) in [5.41, 5.74) is 4.52. The third-order valence-electron chi connectivity index (χ3n) is 7.57. The van der Waals surface area contributed by atoms with Gasteiger partial charge < -0.3 is 15.0 Å². The van der Waals surface area contributed by atoms with Gasteiger partial charge in [-0.25, -0.2) is 0 Å². The Morgan fingerprint density at radius 1 is 0.865 bits per heavy atom. The van der Waals surface area contributed by atoms with Crippen LogP contribution in [0, 0.1) is 0 Å². The van der Waals surface area contributed by atoms with Gasteiger partial charge in [-0.15, -0.1) is 0 Å². The van der Waals surface area contributed by atoms with Crippen LogP contribution in [0.5, 0.6) is 5.75 Å². The molecule has 0 spiro atoms. The molecule has 0 unspecified atom stereocenters. The monoisotopic (exact) mass is 517 g/mol. The van der Waals surface area contributed by atoms with Crippen molar-refractivity contribution in [2.45, 2.75) is 44.6 Å². The van der Waals surface area contributed by atoms with Gasteiger partial charge in [0.05, 0.1) is 0 Å². The number of amides is 1. The highest BCUT2D eigenvalue weighted by molar-refractivity contribution is 6.31. The Kier molecular flexibility index (Phi) is 8.64. The van der Waals surface area contributed by atoms with Crippen molar-refractivity contribution < 1.29 is 9.53 Å². The largest absolute Gasteiger partial charge is 0.484 e. The molecule has 0 radical (unpaired) electrons. The molecule has 6 heteroatoms. The molecule has 5 rings (SSSR count). The van der Waals surface area contributed by atoms with Gasteiger partial charge in [0.25, 0.3) is 5.91 Å². The lowest BCUT2D eigenvalue weighted by molar-refractivity contribution is -0.118. The SMILES string of the molecule is O=C(COc1ccc(C2CCCCC2)cc1)Nc1ccc(N2CCN(Cc3ccccc3Cl)CC2)cc1. The molecule has 37 heavy (non-hydrogen) atoms. The van der Waals surface area contributed by atoms with E-state index in [4.69, 9.17) is 16.3 Å². The molecule has 2 aliphatic rings. The minimum atomic E-state index is -0.155. The first-order chi connectivity index (χ1) is 18.1. The molecule has 1 saturated carbocycles. The molecule has 1 saturated heterocycles. The first-order valence-corrected chi connectivity index (χ1v) is 13.9. The smallest absolute Gasteiger partial charge is 0.262 e. The maximum atomic E-state index is 12.4. The number of halogens is 1. The molecule has 0 aromatic heterocycles. The minimum absolute atomic E-state index is 0.00207. The van der Waals surface area contributed by atoms with Crippen LogP contribution in [0.2, 0.25) is 5.02 Å². The highest BCUT2D eigenvalue weighted by Crippen LogP contribution is 2.33. The fourth-order valence-corrected chi connectivity index (χ4v) is 5.60. The van der Waals surface area contributed by atoms with Crippen LogP contribution >= 0.6 is 11.6 Å². The summed E-state index contributed by atoms with van der Waals surface area (Å²) in [5.74, 6) is 1.25. The van der Waals surface area contributed by atoms with Crippen LogP contribution in [-0.4, -0.2) is 43.6 Å². The zero-order valence-electron chi connectivity index (χ0n) is 21.4. The fraction of sp³-hybridized carbons (Fsp3) is 0.387. The van der Waals surface area contributed by atoms with Crippen molar-refractivity contribution in [1.82, 2.24) is 4.90 Å². The van der Waals surface area contributed by atoms with E-state index in [-0.39, 0.29) is 12.5 Å². The second-order valence-electron chi connectivity index (χ2n) is 10.1. The molecule has 1 N–H and O–H groups in total. The van der Waals surface area contributed by atoms with E-state index in [2.05, 4.69) is 45.4 Å². The van der Waals surface area contributed by atoms with Crippen molar-refractivity contribution in [2.24, 2.45) is 0 Å². The Labute approximate surface area is 225 Å². The highest BCUT2D eigenvalue weighted by atomic mass is 35.5. The van der Waals surface area contributed by atoms with Crippen LogP contribution in [0.3, 0.4) is 0 Å². The van der Waals surface area contributed by atoms with Gasteiger partial charge in [-0.1, -0.05) is 61.2 Å². The van der Waals surface area contributed by atoms with Gasteiger partial charge in [0.15, 0.2) is 6.61 Å². The number of anilines is 2. The molecule has 1 heterocycles. The lowest BCUT2D eigenvalue weighted by Gasteiger charge is -2.36. The first kappa shape index (κ1) is 25.6. The summed E-state index contributed by atoms with van der Waals surface area (Å²) >= 11 is 6.33. The van der Waals surface area contributed by atoms with E-state index >= 15 is 0 Å². The average molecular weight is 518 g/mol. The second kappa shape index (κ2) is 12.5. The minimum Gasteiger partial charge on any atom is -0.484 e. The summed E-state index contributed by atoms with van der Waals surface area (Å²) < 4.78 is 5.73. The van der Waals surface area contributed by atoms with E-state index < -0.39 is 0 Å². The van der Waals surface area contributed by atoms with Gasteiger partial charge in [0.1, 0.15) is 5.75 Å². The molecule has 1 aliphatic heterocycles. The Hall–Kier alpha value is -3.02. The summed E-state index contributed by atoms with van der Waals surface area (Å²) in [6.45, 7) is 4.78. The van der Waals surface area contributed by atoms with Crippen molar-refractivity contribution in [1.29, 1.82) is 0 Å². The number of piperazine rings is 1. The van der Waals surface area contributed by atoms with Gasteiger partial charge in [-0.05, 0) is 72.4 Å². The average Bonchev–Trinajstić information content (AvgIpc) is 2.95. The van der Waals surface area contributed by atoms with Crippen LogP contribution < -0.4 is 15.0 Å². The topological polar surface area (TPSA) is 44.8 Å². The normalized spacial score (nSPS) is 16.9. The molecular formula is C31H36ClN3O2. The van der Waals surface area contributed by atoms with Crippen molar-refractivity contribution >= 4 is 28.9 Å². The van der Waals surface area contributed by atoms with Gasteiger partial charge in [-0.2, -0.15) is 0 Å². The lowest BCUT2D eigenvalue weighted by Crippen LogP contribution is -2.46. The molecule has 194 valence electrons. The molecule has 3 aromatic rings. The number of benzene rings is 3. The van der Waals surface area contributed by atoms with E-state index in [0.717, 1.165) is 49.2 Å². The maximum absolute atomic E-state index is 12.4. The van der Waals surface area contributed by atoms with Crippen LogP contribution in [0.1, 0.15) is 49.1 Å². The number of carbonyl (C=O) groups is 1.